The van der Waals surface area contributed by atoms with Crippen LogP contribution >= 0.6 is 0 Å². The lowest BCUT2D eigenvalue weighted by atomic mass is 10.1. The molecule has 134 valence electrons. The third-order valence-corrected chi connectivity index (χ3v) is 6.43. The number of carbonyl (C=O) groups excluding carboxylic acids is 1. The Labute approximate surface area is 145 Å². The minimum atomic E-state index is -3.53. The zero-order valence-corrected chi connectivity index (χ0v) is 15.7. The third kappa shape index (κ3) is 4.57. The Kier molecular flexibility index (Phi) is 6.40. The molecule has 1 heterocycles. The molecule has 0 atom stereocenters. The van der Waals surface area contributed by atoms with Gasteiger partial charge in [-0.2, -0.15) is 4.31 Å². The molecule has 0 unspecified atom stereocenters. The molecule has 1 aliphatic rings. The molecule has 0 radical (unpaired) electrons. The lowest BCUT2D eigenvalue weighted by Crippen LogP contribution is -2.36. The van der Waals surface area contributed by atoms with Crippen LogP contribution in [0.25, 0.3) is 0 Å². The molecule has 1 fully saturated rings. The van der Waals surface area contributed by atoms with E-state index in [1.54, 1.807) is 23.4 Å². The number of hydrogen-bond donors (Lipinski definition) is 1. The predicted octanol–water partition coefficient (Wildman–Crippen LogP) is 2.95. The molecule has 1 saturated heterocycles. The van der Waals surface area contributed by atoms with E-state index in [0.29, 0.717) is 36.7 Å². The molecule has 0 aromatic heterocycles. The van der Waals surface area contributed by atoms with Gasteiger partial charge in [0.15, 0.2) is 0 Å². The van der Waals surface area contributed by atoms with Crippen LogP contribution in [0.4, 0.5) is 0 Å². The van der Waals surface area contributed by atoms with Crippen molar-refractivity contribution in [3.05, 3.63) is 29.3 Å². The molecule has 1 aromatic rings. The molecule has 1 aliphatic heterocycles. The van der Waals surface area contributed by atoms with E-state index < -0.39 is 10.0 Å². The molecule has 0 aliphatic carbocycles. The summed E-state index contributed by atoms with van der Waals surface area (Å²) in [5.41, 5.74) is 1.08. The van der Waals surface area contributed by atoms with Gasteiger partial charge in [-0.05, 0) is 49.8 Å². The summed E-state index contributed by atoms with van der Waals surface area (Å²) in [6.07, 6.45) is 3.77. The minimum absolute atomic E-state index is 0.217. The fourth-order valence-corrected chi connectivity index (χ4v) is 4.61. The van der Waals surface area contributed by atoms with Gasteiger partial charge in [-0.15, -0.1) is 0 Å². The molecule has 1 N–H and O–H groups in total. The second-order valence-electron chi connectivity index (χ2n) is 6.88. The number of sulfonamides is 1. The third-order valence-electron chi connectivity index (χ3n) is 4.39. The summed E-state index contributed by atoms with van der Waals surface area (Å²) >= 11 is 0. The maximum absolute atomic E-state index is 12.9. The average Bonchev–Trinajstić information content (AvgIpc) is 2.55. The monoisotopic (exact) mass is 352 g/mol. The Morgan fingerprint density at radius 2 is 1.88 bits per heavy atom. The van der Waals surface area contributed by atoms with Gasteiger partial charge in [0.25, 0.3) is 5.91 Å². The molecular weight excluding hydrogens is 324 g/mol. The van der Waals surface area contributed by atoms with Crippen molar-refractivity contribution in [1.29, 1.82) is 0 Å². The number of benzene rings is 1. The van der Waals surface area contributed by atoms with Gasteiger partial charge >= 0.3 is 0 Å². The summed E-state index contributed by atoms with van der Waals surface area (Å²) in [6, 6.07) is 4.92. The maximum atomic E-state index is 12.9. The summed E-state index contributed by atoms with van der Waals surface area (Å²) in [6.45, 7) is 7.69. The van der Waals surface area contributed by atoms with E-state index in [-0.39, 0.29) is 10.8 Å². The van der Waals surface area contributed by atoms with Crippen LogP contribution < -0.4 is 5.32 Å². The van der Waals surface area contributed by atoms with Gasteiger partial charge in [-0.25, -0.2) is 8.42 Å². The lowest BCUT2D eigenvalue weighted by molar-refractivity contribution is 0.0952. The van der Waals surface area contributed by atoms with Crippen molar-refractivity contribution in [2.45, 2.75) is 51.3 Å². The van der Waals surface area contributed by atoms with E-state index in [0.717, 1.165) is 25.7 Å². The van der Waals surface area contributed by atoms with Crippen molar-refractivity contribution in [2.75, 3.05) is 19.6 Å². The van der Waals surface area contributed by atoms with E-state index in [4.69, 9.17) is 0 Å². The van der Waals surface area contributed by atoms with Crippen molar-refractivity contribution in [1.82, 2.24) is 9.62 Å². The van der Waals surface area contributed by atoms with Crippen molar-refractivity contribution >= 4 is 15.9 Å². The highest BCUT2D eigenvalue weighted by molar-refractivity contribution is 7.89. The average molecular weight is 353 g/mol. The molecule has 24 heavy (non-hydrogen) atoms. The summed E-state index contributed by atoms with van der Waals surface area (Å²) in [5, 5.41) is 2.86. The van der Waals surface area contributed by atoms with Crippen LogP contribution in [0.15, 0.2) is 23.1 Å². The van der Waals surface area contributed by atoms with Gasteiger partial charge in [0.2, 0.25) is 10.0 Å². The molecule has 5 nitrogen and oxygen atoms in total. The second kappa shape index (κ2) is 8.12. The Balaban J connectivity index is 2.20. The van der Waals surface area contributed by atoms with Gasteiger partial charge in [0.1, 0.15) is 0 Å². The SMILES string of the molecule is Cc1ccc(C(=O)NCCC(C)C)cc1S(=O)(=O)N1CCCCC1. The van der Waals surface area contributed by atoms with Gasteiger partial charge in [0.05, 0.1) is 4.90 Å². The Bertz CT molecular complexity index is 678. The van der Waals surface area contributed by atoms with Crippen LogP contribution in [0.2, 0.25) is 0 Å². The number of nitrogens with zero attached hydrogens (tertiary/aromatic N) is 1. The minimum Gasteiger partial charge on any atom is -0.352 e. The molecule has 6 heteroatoms. The fraction of sp³-hybridized carbons (Fsp3) is 0.611. The number of amides is 1. The molecule has 1 amide bonds. The first-order valence-corrected chi connectivity index (χ1v) is 10.2. The fourth-order valence-electron chi connectivity index (χ4n) is 2.84. The van der Waals surface area contributed by atoms with Crippen LogP contribution in [0.1, 0.15) is 55.5 Å². The topological polar surface area (TPSA) is 66.5 Å². The van der Waals surface area contributed by atoms with Crippen LogP contribution in [0.3, 0.4) is 0 Å². The zero-order valence-electron chi connectivity index (χ0n) is 14.8. The van der Waals surface area contributed by atoms with Gasteiger partial charge in [-0.3, -0.25) is 4.79 Å². The van der Waals surface area contributed by atoms with Crippen LogP contribution in [-0.2, 0) is 10.0 Å². The first kappa shape index (κ1) is 18.9. The number of hydrogen-bond acceptors (Lipinski definition) is 3. The van der Waals surface area contributed by atoms with Crippen LogP contribution in [0.5, 0.6) is 0 Å². The number of nitrogens with one attached hydrogen (secondary N) is 1. The molecule has 1 aromatic carbocycles. The Morgan fingerprint density at radius 1 is 1.21 bits per heavy atom. The second-order valence-corrected chi connectivity index (χ2v) is 8.79. The quantitative estimate of drug-likeness (QED) is 0.856. The normalized spacial score (nSPS) is 16.3. The predicted molar refractivity (Wildman–Crippen MR) is 95.6 cm³/mol. The number of aryl methyl sites for hydroxylation is 1. The van der Waals surface area contributed by atoms with Gasteiger partial charge in [-0.1, -0.05) is 26.3 Å². The van der Waals surface area contributed by atoms with Crippen molar-refractivity contribution in [3.63, 3.8) is 0 Å². The highest BCUT2D eigenvalue weighted by atomic mass is 32.2. The number of rotatable bonds is 6. The van der Waals surface area contributed by atoms with E-state index in [1.165, 1.54) is 6.07 Å². The smallest absolute Gasteiger partial charge is 0.251 e. The number of piperidine rings is 1. The zero-order chi connectivity index (χ0) is 17.7. The highest BCUT2D eigenvalue weighted by Crippen LogP contribution is 2.24. The molecule has 0 saturated carbocycles. The highest BCUT2D eigenvalue weighted by Gasteiger charge is 2.28. The molecular formula is C18H28N2O3S. The van der Waals surface area contributed by atoms with E-state index in [9.17, 15) is 13.2 Å². The first-order chi connectivity index (χ1) is 11.3. The standard InChI is InChI=1S/C18H28N2O3S/c1-14(2)9-10-19-18(21)16-8-7-15(3)17(13-16)24(22,23)20-11-5-4-6-12-20/h7-8,13-14H,4-6,9-12H2,1-3H3,(H,19,21). The van der Waals surface area contributed by atoms with E-state index >= 15 is 0 Å². The molecule has 0 spiro atoms. The summed E-state index contributed by atoms with van der Waals surface area (Å²) in [7, 11) is -3.53. The van der Waals surface area contributed by atoms with Crippen LogP contribution in [-0.4, -0.2) is 38.3 Å². The first-order valence-electron chi connectivity index (χ1n) is 8.71. The maximum Gasteiger partial charge on any atom is 0.251 e. The Hall–Kier alpha value is -1.40. The largest absolute Gasteiger partial charge is 0.352 e. The summed E-state index contributed by atoms with van der Waals surface area (Å²) in [4.78, 5) is 12.5. The molecule has 0 bridgehead atoms. The van der Waals surface area contributed by atoms with Crippen molar-refractivity contribution < 1.29 is 13.2 Å². The van der Waals surface area contributed by atoms with Crippen LogP contribution in [0, 0.1) is 12.8 Å². The van der Waals surface area contributed by atoms with Gasteiger partial charge in [0, 0.05) is 25.2 Å². The van der Waals surface area contributed by atoms with E-state index in [1.807, 2.05) is 0 Å². The molecule has 2 rings (SSSR count). The lowest BCUT2D eigenvalue weighted by Gasteiger charge is -2.26. The number of carbonyl (C=O) groups is 1. The van der Waals surface area contributed by atoms with Gasteiger partial charge < -0.3 is 5.32 Å². The summed E-state index contributed by atoms with van der Waals surface area (Å²) in [5.74, 6) is 0.295. The Morgan fingerprint density at radius 3 is 2.50 bits per heavy atom. The van der Waals surface area contributed by atoms with Crippen molar-refractivity contribution in [2.24, 2.45) is 5.92 Å². The van der Waals surface area contributed by atoms with E-state index in [2.05, 4.69) is 19.2 Å². The van der Waals surface area contributed by atoms with Crippen molar-refractivity contribution in [3.8, 4) is 0 Å². The summed E-state index contributed by atoms with van der Waals surface area (Å²) < 4.78 is 27.3.